The quantitative estimate of drug-likeness (QED) is 0.340. The minimum atomic E-state index is 0. The van der Waals surface area contributed by atoms with Crippen LogP contribution < -0.4 is 10.5 Å². The van der Waals surface area contributed by atoms with Crippen LogP contribution in [0.25, 0.3) is 0 Å². The van der Waals surface area contributed by atoms with Crippen molar-refractivity contribution in [1.82, 2.24) is 4.90 Å². The van der Waals surface area contributed by atoms with Crippen molar-refractivity contribution in [2.24, 2.45) is 16.6 Å². The van der Waals surface area contributed by atoms with Crippen LogP contribution in [0, 0.1) is 18.3 Å². The average molecular weight is 427 g/mol. The number of nitrogens with two attached hydrogens (primary N) is 1. The molecule has 1 aliphatic rings. The summed E-state index contributed by atoms with van der Waals surface area (Å²) in [6, 6.07) is 7.96. The summed E-state index contributed by atoms with van der Waals surface area (Å²) in [5, 5.41) is 0. The number of hydrogen-bond acceptors (Lipinski definition) is 2. The van der Waals surface area contributed by atoms with E-state index >= 15 is 0 Å². The number of likely N-dealkylation sites (tertiary alicyclic amines) is 1. The van der Waals surface area contributed by atoms with Crippen molar-refractivity contribution in [3.05, 3.63) is 29.8 Å². The first-order valence-corrected chi connectivity index (χ1v) is 7.89. The maximum Gasteiger partial charge on any atom is 0.191 e. The molecule has 1 aliphatic heterocycles. The molecular weight excluding hydrogens is 401 g/mol. The minimum absolute atomic E-state index is 0. The Balaban J connectivity index is 0.00000264. The van der Waals surface area contributed by atoms with Gasteiger partial charge in [0.15, 0.2) is 5.96 Å². The van der Waals surface area contributed by atoms with Crippen molar-refractivity contribution in [3.8, 4) is 18.1 Å². The number of benzene rings is 1. The Morgan fingerprint density at radius 2 is 2.17 bits per heavy atom. The standard InChI is InChI=1S/C18H25N3O.HI/c1-3-13-22-17-8-6-16(7-9-17)10-11-20-18(19)21-12-4-5-15(2)14-21;/h1,6-9,15H,4-5,10-14H2,2H3,(H2,19,20);1H. The highest BCUT2D eigenvalue weighted by Gasteiger charge is 2.17. The van der Waals surface area contributed by atoms with E-state index in [-0.39, 0.29) is 24.0 Å². The molecular formula is C18H26IN3O. The Morgan fingerprint density at radius 3 is 2.83 bits per heavy atom. The van der Waals surface area contributed by atoms with Gasteiger partial charge in [-0.1, -0.05) is 25.0 Å². The molecule has 2 rings (SSSR count). The van der Waals surface area contributed by atoms with E-state index in [4.69, 9.17) is 16.9 Å². The van der Waals surface area contributed by atoms with Gasteiger partial charge in [-0.25, -0.2) is 0 Å². The fraction of sp³-hybridized carbons (Fsp3) is 0.500. The topological polar surface area (TPSA) is 50.9 Å². The summed E-state index contributed by atoms with van der Waals surface area (Å²) in [6.07, 6.45) is 8.53. The third-order valence-corrected chi connectivity index (χ3v) is 3.90. The largest absolute Gasteiger partial charge is 0.481 e. The van der Waals surface area contributed by atoms with Crippen molar-refractivity contribution >= 4 is 29.9 Å². The van der Waals surface area contributed by atoms with Gasteiger partial charge >= 0.3 is 0 Å². The second-order valence-electron chi connectivity index (χ2n) is 5.82. The normalized spacial score (nSPS) is 18.0. The smallest absolute Gasteiger partial charge is 0.191 e. The Morgan fingerprint density at radius 1 is 1.43 bits per heavy atom. The lowest BCUT2D eigenvalue weighted by molar-refractivity contribution is 0.270. The summed E-state index contributed by atoms with van der Waals surface area (Å²) < 4.78 is 5.35. The van der Waals surface area contributed by atoms with E-state index in [1.54, 1.807) is 0 Å². The number of terminal acetylenes is 1. The van der Waals surface area contributed by atoms with Crippen LogP contribution in [0.4, 0.5) is 0 Å². The van der Waals surface area contributed by atoms with Crippen LogP contribution in [0.2, 0.25) is 0 Å². The van der Waals surface area contributed by atoms with E-state index in [9.17, 15) is 0 Å². The SMILES string of the molecule is C#CCOc1ccc(CCN=C(N)N2CCCC(C)C2)cc1.I. The Kier molecular flexibility index (Phi) is 8.85. The lowest BCUT2D eigenvalue weighted by atomic mass is 10.0. The van der Waals surface area contributed by atoms with E-state index in [1.807, 2.05) is 24.3 Å². The number of hydrogen-bond donors (Lipinski definition) is 1. The molecule has 126 valence electrons. The van der Waals surface area contributed by atoms with Gasteiger partial charge in [0.1, 0.15) is 12.4 Å². The summed E-state index contributed by atoms with van der Waals surface area (Å²) in [5.41, 5.74) is 7.31. The van der Waals surface area contributed by atoms with E-state index in [2.05, 4.69) is 22.7 Å². The molecule has 0 saturated carbocycles. The van der Waals surface area contributed by atoms with Crippen LogP contribution in [0.1, 0.15) is 25.3 Å². The third-order valence-electron chi connectivity index (χ3n) is 3.90. The van der Waals surface area contributed by atoms with E-state index in [1.165, 1.54) is 18.4 Å². The molecule has 1 fully saturated rings. The lowest BCUT2D eigenvalue weighted by Crippen LogP contribution is -2.43. The molecule has 2 N–H and O–H groups in total. The van der Waals surface area contributed by atoms with Crippen LogP contribution in [0.15, 0.2) is 29.3 Å². The van der Waals surface area contributed by atoms with Crippen molar-refractivity contribution in [2.45, 2.75) is 26.2 Å². The molecule has 0 bridgehead atoms. The summed E-state index contributed by atoms with van der Waals surface area (Å²) in [5.74, 6) is 4.64. The summed E-state index contributed by atoms with van der Waals surface area (Å²) >= 11 is 0. The van der Waals surface area contributed by atoms with Crippen LogP contribution in [-0.2, 0) is 6.42 Å². The first-order valence-electron chi connectivity index (χ1n) is 7.89. The summed E-state index contributed by atoms with van der Waals surface area (Å²) in [7, 11) is 0. The Hall–Kier alpha value is -1.42. The minimum Gasteiger partial charge on any atom is -0.481 e. The monoisotopic (exact) mass is 427 g/mol. The predicted octanol–water partition coefficient (Wildman–Crippen LogP) is 2.91. The third kappa shape index (κ3) is 6.69. The zero-order valence-corrected chi connectivity index (χ0v) is 16.0. The fourth-order valence-electron chi connectivity index (χ4n) is 2.67. The van der Waals surface area contributed by atoms with Gasteiger partial charge in [0, 0.05) is 19.6 Å². The van der Waals surface area contributed by atoms with Crippen molar-refractivity contribution < 1.29 is 4.74 Å². The molecule has 1 aromatic rings. The summed E-state index contributed by atoms with van der Waals surface area (Å²) in [4.78, 5) is 6.71. The summed E-state index contributed by atoms with van der Waals surface area (Å²) in [6.45, 7) is 5.33. The van der Waals surface area contributed by atoms with Gasteiger partial charge < -0.3 is 15.4 Å². The number of rotatable bonds is 5. The molecule has 0 amide bonds. The second kappa shape index (κ2) is 10.4. The second-order valence-corrected chi connectivity index (χ2v) is 5.82. The highest BCUT2D eigenvalue weighted by molar-refractivity contribution is 14.0. The molecule has 0 aliphatic carbocycles. The molecule has 1 heterocycles. The molecule has 4 nitrogen and oxygen atoms in total. The first-order chi connectivity index (χ1) is 10.7. The molecule has 1 atom stereocenters. The predicted molar refractivity (Wildman–Crippen MR) is 106 cm³/mol. The lowest BCUT2D eigenvalue weighted by Gasteiger charge is -2.31. The maximum absolute atomic E-state index is 6.09. The van der Waals surface area contributed by atoms with Gasteiger partial charge in [0.2, 0.25) is 0 Å². The zero-order chi connectivity index (χ0) is 15.8. The number of halogens is 1. The number of nitrogens with zero attached hydrogens (tertiary/aromatic N) is 2. The van der Waals surface area contributed by atoms with Gasteiger partial charge in [-0.05, 0) is 42.9 Å². The average Bonchev–Trinajstić information content (AvgIpc) is 2.54. The van der Waals surface area contributed by atoms with Crippen molar-refractivity contribution in [1.29, 1.82) is 0 Å². The van der Waals surface area contributed by atoms with Gasteiger partial charge in [0.05, 0.1) is 0 Å². The number of guanidine groups is 1. The van der Waals surface area contributed by atoms with Crippen LogP contribution in [-0.4, -0.2) is 37.1 Å². The van der Waals surface area contributed by atoms with Crippen molar-refractivity contribution in [2.75, 3.05) is 26.2 Å². The number of ether oxygens (including phenoxy) is 1. The van der Waals surface area contributed by atoms with E-state index in [0.717, 1.165) is 25.3 Å². The molecule has 0 spiro atoms. The van der Waals surface area contributed by atoms with Gasteiger partial charge in [0.25, 0.3) is 0 Å². The molecule has 0 radical (unpaired) electrons. The fourth-order valence-corrected chi connectivity index (χ4v) is 2.67. The zero-order valence-electron chi connectivity index (χ0n) is 13.7. The van der Waals surface area contributed by atoms with Crippen molar-refractivity contribution in [3.63, 3.8) is 0 Å². The number of aliphatic imine (C=N–C) groups is 1. The molecule has 0 aromatic heterocycles. The van der Waals surface area contributed by atoms with Gasteiger partial charge in [-0.3, -0.25) is 4.99 Å². The maximum atomic E-state index is 6.09. The highest BCUT2D eigenvalue weighted by Crippen LogP contribution is 2.15. The molecule has 5 heteroatoms. The number of piperidine rings is 1. The molecule has 1 unspecified atom stereocenters. The van der Waals surface area contributed by atoms with E-state index < -0.39 is 0 Å². The molecule has 1 saturated heterocycles. The Labute approximate surface area is 156 Å². The first kappa shape index (κ1) is 19.6. The highest BCUT2D eigenvalue weighted by atomic mass is 127. The molecule has 1 aromatic carbocycles. The van der Waals surface area contributed by atoms with Crippen LogP contribution >= 0.6 is 24.0 Å². The van der Waals surface area contributed by atoms with Gasteiger partial charge in [-0.2, -0.15) is 0 Å². The van der Waals surface area contributed by atoms with Crippen LogP contribution in [0.3, 0.4) is 0 Å². The Bertz CT molecular complexity index is 536. The molecule has 23 heavy (non-hydrogen) atoms. The van der Waals surface area contributed by atoms with E-state index in [0.29, 0.717) is 25.0 Å². The van der Waals surface area contributed by atoms with Gasteiger partial charge in [-0.15, -0.1) is 30.4 Å². The van der Waals surface area contributed by atoms with Crippen LogP contribution in [0.5, 0.6) is 5.75 Å².